The Morgan fingerprint density at radius 3 is 2.49 bits per heavy atom. The third-order valence-electron chi connectivity index (χ3n) is 5.10. The molecule has 1 fully saturated rings. The van der Waals surface area contributed by atoms with E-state index in [1.54, 1.807) is 42.5 Å². The first-order chi connectivity index (χ1) is 17.7. The predicted octanol–water partition coefficient (Wildman–Crippen LogP) is 6.22. The van der Waals surface area contributed by atoms with Crippen molar-refractivity contribution in [1.82, 2.24) is 4.90 Å². The van der Waals surface area contributed by atoms with E-state index in [-0.39, 0.29) is 17.2 Å². The number of benzene rings is 3. The number of nitro groups is 1. The minimum Gasteiger partial charge on any atom is -0.488 e. The molecule has 1 saturated heterocycles. The molecule has 37 heavy (non-hydrogen) atoms. The quantitative estimate of drug-likeness (QED) is 0.129. The van der Waals surface area contributed by atoms with E-state index in [1.165, 1.54) is 18.2 Å². The van der Waals surface area contributed by atoms with E-state index >= 15 is 0 Å². The highest BCUT2D eigenvalue weighted by atomic mass is 127. The van der Waals surface area contributed by atoms with E-state index in [9.17, 15) is 24.5 Å². The Kier molecular flexibility index (Phi) is 8.61. The summed E-state index contributed by atoms with van der Waals surface area (Å²) in [5, 5.41) is 13.0. The summed E-state index contributed by atoms with van der Waals surface area (Å²) in [6.07, 6.45) is 1.54. The van der Waals surface area contributed by atoms with Crippen LogP contribution in [-0.4, -0.2) is 33.4 Å². The molecule has 0 bridgehead atoms. The van der Waals surface area contributed by atoms with Crippen LogP contribution in [0.1, 0.15) is 11.1 Å². The number of ether oxygens (including phenoxy) is 1. The number of imide groups is 1. The summed E-state index contributed by atoms with van der Waals surface area (Å²) >= 11 is 6.29. The van der Waals surface area contributed by atoms with Crippen molar-refractivity contribution in [3.63, 3.8) is 0 Å². The molecule has 1 heterocycles. The molecule has 3 amide bonds. The van der Waals surface area contributed by atoms with Crippen molar-refractivity contribution in [2.45, 2.75) is 6.61 Å². The Morgan fingerprint density at radius 2 is 1.81 bits per heavy atom. The van der Waals surface area contributed by atoms with Crippen molar-refractivity contribution in [3.05, 3.63) is 101 Å². The third-order valence-corrected chi connectivity index (χ3v) is 7.22. The number of carbonyl (C=O) groups is 3. The second kappa shape index (κ2) is 11.9. The second-order valence-electron chi connectivity index (χ2n) is 7.72. The van der Waals surface area contributed by atoms with Gasteiger partial charge in [0.15, 0.2) is 0 Å². The molecular formula is C25H17BrIN3O6S. The van der Waals surface area contributed by atoms with Crippen LogP contribution in [0.15, 0.2) is 76.1 Å². The summed E-state index contributed by atoms with van der Waals surface area (Å²) in [6, 6.07) is 18.3. The molecule has 188 valence electrons. The maximum atomic E-state index is 12.9. The number of nitro benzene ring substituents is 1. The van der Waals surface area contributed by atoms with Gasteiger partial charge in [-0.15, -0.1) is 0 Å². The van der Waals surface area contributed by atoms with Crippen LogP contribution in [0.4, 0.5) is 16.2 Å². The summed E-state index contributed by atoms with van der Waals surface area (Å²) in [4.78, 5) is 49.3. The fraction of sp³-hybridized carbons (Fsp3) is 0.0800. The average molecular weight is 694 g/mol. The zero-order chi connectivity index (χ0) is 26.5. The standard InChI is InChI=1S/C25H17BrIN3O6S/c26-17-3-10-21(36-14-15-1-8-20(9-2-15)30(34)35)16(11-17)12-22-24(32)29(25(33)37-22)13-23(31)28-19-6-4-18(27)5-7-19/h1-12H,13-14H2,(H,28,31)/b22-12-. The summed E-state index contributed by atoms with van der Waals surface area (Å²) in [6.45, 7) is -0.267. The lowest BCUT2D eigenvalue weighted by Gasteiger charge is -2.13. The first-order valence-corrected chi connectivity index (χ1v) is 13.3. The zero-order valence-electron chi connectivity index (χ0n) is 18.9. The van der Waals surface area contributed by atoms with E-state index in [4.69, 9.17) is 4.74 Å². The largest absolute Gasteiger partial charge is 0.488 e. The van der Waals surface area contributed by atoms with Crippen molar-refractivity contribution in [1.29, 1.82) is 0 Å². The lowest BCUT2D eigenvalue weighted by Crippen LogP contribution is -2.36. The highest BCUT2D eigenvalue weighted by Crippen LogP contribution is 2.35. The van der Waals surface area contributed by atoms with Crippen LogP contribution in [-0.2, 0) is 16.2 Å². The van der Waals surface area contributed by atoms with Gasteiger partial charge in [0.1, 0.15) is 18.9 Å². The Balaban J connectivity index is 1.46. The number of nitrogens with zero attached hydrogens (tertiary/aromatic N) is 2. The van der Waals surface area contributed by atoms with E-state index in [1.807, 2.05) is 12.1 Å². The first-order valence-electron chi connectivity index (χ1n) is 10.7. The Bertz CT molecular complexity index is 1410. The van der Waals surface area contributed by atoms with E-state index in [0.717, 1.165) is 30.3 Å². The highest BCUT2D eigenvalue weighted by molar-refractivity contribution is 14.1. The van der Waals surface area contributed by atoms with Gasteiger partial charge in [-0.3, -0.25) is 29.4 Å². The Hall–Kier alpha value is -3.23. The average Bonchev–Trinajstić information content (AvgIpc) is 3.12. The molecule has 4 rings (SSSR count). The van der Waals surface area contributed by atoms with Gasteiger partial charge in [-0.25, -0.2) is 0 Å². The van der Waals surface area contributed by atoms with Crippen molar-refractivity contribution >= 4 is 84.8 Å². The van der Waals surface area contributed by atoms with E-state index in [0.29, 0.717) is 17.0 Å². The van der Waals surface area contributed by atoms with Gasteiger partial charge < -0.3 is 10.1 Å². The molecule has 1 aliphatic rings. The molecule has 12 heteroatoms. The second-order valence-corrected chi connectivity index (χ2v) is 10.9. The molecule has 1 aliphatic heterocycles. The first kappa shape index (κ1) is 26.8. The van der Waals surface area contributed by atoms with Crippen LogP contribution in [0, 0.1) is 13.7 Å². The van der Waals surface area contributed by atoms with Crippen LogP contribution in [0.3, 0.4) is 0 Å². The zero-order valence-corrected chi connectivity index (χ0v) is 23.4. The van der Waals surface area contributed by atoms with Crippen molar-refractivity contribution < 1.29 is 24.0 Å². The Labute approximate surface area is 237 Å². The van der Waals surface area contributed by atoms with Gasteiger partial charge in [0, 0.05) is 31.4 Å². The SMILES string of the molecule is O=C(CN1C(=O)S/C(=C\c2cc(Br)ccc2OCc2ccc([N+](=O)[O-])cc2)C1=O)Nc1ccc(I)cc1. The summed E-state index contributed by atoms with van der Waals surface area (Å²) in [5.41, 5.74) is 1.82. The van der Waals surface area contributed by atoms with Gasteiger partial charge in [0.2, 0.25) is 5.91 Å². The molecule has 0 saturated carbocycles. The third kappa shape index (κ3) is 6.96. The van der Waals surface area contributed by atoms with Crippen LogP contribution in [0.5, 0.6) is 5.75 Å². The number of hydrogen-bond donors (Lipinski definition) is 1. The number of anilines is 1. The molecule has 0 radical (unpaired) electrons. The number of nitrogens with one attached hydrogen (secondary N) is 1. The topological polar surface area (TPSA) is 119 Å². The van der Waals surface area contributed by atoms with Crippen molar-refractivity contribution in [3.8, 4) is 5.75 Å². The number of halogens is 2. The van der Waals surface area contributed by atoms with Gasteiger partial charge >= 0.3 is 0 Å². The van der Waals surface area contributed by atoms with Gasteiger partial charge in [0.05, 0.1) is 9.83 Å². The number of amides is 3. The van der Waals surface area contributed by atoms with Crippen LogP contribution in [0.25, 0.3) is 6.08 Å². The molecule has 0 atom stereocenters. The molecular weight excluding hydrogens is 677 g/mol. The minimum atomic E-state index is -0.575. The molecule has 0 unspecified atom stereocenters. The van der Waals surface area contributed by atoms with Gasteiger partial charge in [-0.1, -0.05) is 15.9 Å². The molecule has 3 aromatic rings. The van der Waals surface area contributed by atoms with Crippen LogP contribution in [0.2, 0.25) is 0 Å². The van der Waals surface area contributed by atoms with E-state index < -0.39 is 28.5 Å². The molecule has 9 nitrogen and oxygen atoms in total. The lowest BCUT2D eigenvalue weighted by molar-refractivity contribution is -0.384. The highest BCUT2D eigenvalue weighted by Gasteiger charge is 2.36. The smallest absolute Gasteiger partial charge is 0.294 e. The summed E-state index contributed by atoms with van der Waals surface area (Å²) in [7, 11) is 0. The molecule has 0 aliphatic carbocycles. The number of carbonyl (C=O) groups excluding carboxylic acids is 3. The van der Waals surface area contributed by atoms with Crippen LogP contribution < -0.4 is 10.1 Å². The van der Waals surface area contributed by atoms with E-state index in [2.05, 4.69) is 43.8 Å². The number of non-ortho nitro benzene ring substituents is 1. The van der Waals surface area contributed by atoms with Gasteiger partial charge in [0.25, 0.3) is 16.8 Å². The number of hydrogen-bond acceptors (Lipinski definition) is 7. The molecule has 0 aromatic heterocycles. The maximum Gasteiger partial charge on any atom is 0.294 e. The lowest BCUT2D eigenvalue weighted by atomic mass is 10.1. The molecule has 3 aromatic carbocycles. The monoisotopic (exact) mass is 693 g/mol. The normalized spacial score (nSPS) is 14.2. The fourth-order valence-electron chi connectivity index (χ4n) is 3.29. The van der Waals surface area contributed by atoms with Crippen LogP contribution >= 0.6 is 50.3 Å². The Morgan fingerprint density at radius 1 is 1.11 bits per heavy atom. The number of thioether (sulfide) groups is 1. The van der Waals surface area contributed by atoms with Crippen molar-refractivity contribution in [2.75, 3.05) is 11.9 Å². The molecule has 1 N–H and O–H groups in total. The number of rotatable bonds is 8. The molecule has 0 spiro atoms. The maximum absolute atomic E-state index is 12.9. The predicted molar refractivity (Wildman–Crippen MR) is 152 cm³/mol. The summed E-state index contributed by atoms with van der Waals surface area (Å²) < 4.78 is 7.64. The fourth-order valence-corrected chi connectivity index (χ4v) is 4.86. The summed E-state index contributed by atoms with van der Waals surface area (Å²) in [5.74, 6) is -0.613. The van der Waals surface area contributed by atoms with Gasteiger partial charge in [-0.05, 0) is 101 Å². The van der Waals surface area contributed by atoms with Crippen molar-refractivity contribution in [2.24, 2.45) is 0 Å². The van der Waals surface area contributed by atoms with Gasteiger partial charge in [-0.2, -0.15) is 0 Å². The minimum absolute atomic E-state index is 0.0176.